The fourth-order valence-electron chi connectivity index (χ4n) is 5.25. The van der Waals surface area contributed by atoms with Gasteiger partial charge in [0.15, 0.2) is 5.88 Å². The van der Waals surface area contributed by atoms with Gasteiger partial charge in [0, 0.05) is 55.4 Å². The van der Waals surface area contributed by atoms with Crippen LogP contribution in [0.5, 0.6) is 5.88 Å². The van der Waals surface area contributed by atoms with Crippen LogP contribution in [-0.2, 0) is 16.0 Å². The van der Waals surface area contributed by atoms with Gasteiger partial charge in [-0.3, -0.25) is 9.69 Å². The number of likely N-dealkylation sites (N-methyl/N-ethyl adjacent to an activating group) is 2. The second-order valence-corrected chi connectivity index (χ2v) is 10.8. The van der Waals surface area contributed by atoms with Crippen molar-refractivity contribution in [1.82, 2.24) is 14.8 Å². The number of nitrogens with one attached hydrogen (secondary N) is 1. The SMILES string of the molecule is COC(=O)c1ccc2[nH]c(O)c(C(=Nc3ccc(N(C)C(=O)CN4CCN(C)CC4)cc3)c3ccc(CCN)cc3)c2c1. The molecule has 1 aliphatic heterocycles. The summed E-state index contributed by atoms with van der Waals surface area (Å²) >= 11 is 0. The van der Waals surface area contributed by atoms with Crippen molar-refractivity contribution in [1.29, 1.82) is 0 Å². The molecule has 1 aromatic heterocycles. The van der Waals surface area contributed by atoms with E-state index < -0.39 is 5.97 Å². The van der Waals surface area contributed by atoms with Crippen molar-refractivity contribution >= 4 is 39.9 Å². The molecule has 0 bridgehead atoms. The highest BCUT2D eigenvalue weighted by atomic mass is 16.5. The molecule has 0 aliphatic carbocycles. The van der Waals surface area contributed by atoms with E-state index in [0.29, 0.717) is 46.5 Å². The Morgan fingerprint density at radius 2 is 1.67 bits per heavy atom. The maximum absolute atomic E-state index is 13.0. The number of nitrogens with two attached hydrogens (primary N) is 1. The zero-order chi connectivity index (χ0) is 30.5. The van der Waals surface area contributed by atoms with Gasteiger partial charge < -0.3 is 30.4 Å². The molecule has 0 saturated carbocycles. The summed E-state index contributed by atoms with van der Waals surface area (Å²) in [5.41, 5.74) is 11.0. The summed E-state index contributed by atoms with van der Waals surface area (Å²) in [5, 5.41) is 11.7. The van der Waals surface area contributed by atoms with E-state index in [2.05, 4.69) is 21.8 Å². The van der Waals surface area contributed by atoms with E-state index in [1.807, 2.05) is 48.5 Å². The molecule has 3 aromatic carbocycles. The fourth-order valence-corrected chi connectivity index (χ4v) is 5.25. The zero-order valence-corrected chi connectivity index (χ0v) is 24.8. The summed E-state index contributed by atoms with van der Waals surface area (Å²) in [5.74, 6) is -0.503. The highest BCUT2D eigenvalue weighted by molar-refractivity contribution is 6.22. The van der Waals surface area contributed by atoms with Crippen molar-refractivity contribution in [3.05, 3.63) is 89.0 Å². The Balaban J connectivity index is 1.49. The number of rotatable bonds is 9. The number of aromatic amines is 1. The number of aliphatic imine (C=N–C) groups is 1. The number of anilines is 1. The van der Waals surface area contributed by atoms with Crippen LogP contribution >= 0.6 is 0 Å². The first-order valence-electron chi connectivity index (χ1n) is 14.4. The van der Waals surface area contributed by atoms with E-state index in [9.17, 15) is 14.7 Å². The Morgan fingerprint density at radius 1 is 1.00 bits per heavy atom. The quantitative estimate of drug-likeness (QED) is 0.204. The smallest absolute Gasteiger partial charge is 0.337 e. The molecule has 4 N–H and O–H groups in total. The van der Waals surface area contributed by atoms with Crippen LogP contribution in [0.15, 0.2) is 71.7 Å². The van der Waals surface area contributed by atoms with Gasteiger partial charge in [-0.25, -0.2) is 9.79 Å². The molecule has 224 valence electrons. The van der Waals surface area contributed by atoms with E-state index in [1.54, 1.807) is 30.1 Å². The van der Waals surface area contributed by atoms with Crippen molar-refractivity contribution in [3.8, 4) is 5.88 Å². The molecular formula is C33H38N6O4. The minimum Gasteiger partial charge on any atom is -0.494 e. The number of nitrogens with zero attached hydrogens (tertiary/aromatic N) is 4. The number of H-pyrrole nitrogens is 1. The number of ether oxygens (including phenoxy) is 1. The summed E-state index contributed by atoms with van der Waals surface area (Å²) in [6.45, 7) is 4.58. The first-order valence-corrected chi connectivity index (χ1v) is 14.4. The summed E-state index contributed by atoms with van der Waals surface area (Å²) in [7, 11) is 5.21. The number of hydrogen-bond donors (Lipinski definition) is 3. The van der Waals surface area contributed by atoms with Crippen LogP contribution in [0.4, 0.5) is 11.4 Å². The Morgan fingerprint density at radius 3 is 2.33 bits per heavy atom. The number of methoxy groups -OCH3 is 1. The zero-order valence-electron chi connectivity index (χ0n) is 24.8. The molecule has 5 rings (SSSR count). The molecule has 0 atom stereocenters. The van der Waals surface area contributed by atoms with Crippen molar-refractivity contribution < 1.29 is 19.4 Å². The summed E-state index contributed by atoms with van der Waals surface area (Å²) < 4.78 is 4.92. The number of esters is 1. The van der Waals surface area contributed by atoms with Crippen LogP contribution in [0, 0.1) is 0 Å². The monoisotopic (exact) mass is 582 g/mol. The topological polar surface area (TPSA) is 127 Å². The molecule has 0 spiro atoms. The lowest BCUT2D eigenvalue weighted by Crippen LogP contribution is -2.48. The van der Waals surface area contributed by atoms with Gasteiger partial charge in [-0.15, -0.1) is 0 Å². The Kier molecular flexibility index (Phi) is 9.20. The molecule has 2 heterocycles. The number of benzene rings is 3. The number of piperazine rings is 1. The maximum Gasteiger partial charge on any atom is 0.337 e. The van der Waals surface area contributed by atoms with Crippen LogP contribution in [0.1, 0.15) is 27.0 Å². The average Bonchev–Trinajstić information content (AvgIpc) is 3.35. The lowest BCUT2D eigenvalue weighted by atomic mass is 9.98. The lowest BCUT2D eigenvalue weighted by Gasteiger charge is -2.32. The van der Waals surface area contributed by atoms with Crippen molar-refractivity contribution in [2.24, 2.45) is 10.7 Å². The molecular weight excluding hydrogens is 544 g/mol. The molecule has 1 fully saturated rings. The van der Waals surface area contributed by atoms with Crippen LogP contribution < -0.4 is 10.6 Å². The third-order valence-corrected chi connectivity index (χ3v) is 7.90. The van der Waals surface area contributed by atoms with Gasteiger partial charge in [-0.05, 0) is 68.0 Å². The van der Waals surface area contributed by atoms with E-state index >= 15 is 0 Å². The molecule has 43 heavy (non-hydrogen) atoms. The van der Waals surface area contributed by atoms with Crippen LogP contribution in [0.2, 0.25) is 0 Å². The maximum atomic E-state index is 13.0. The first-order chi connectivity index (χ1) is 20.8. The van der Waals surface area contributed by atoms with Gasteiger partial charge in [0.05, 0.1) is 36.2 Å². The van der Waals surface area contributed by atoms with Gasteiger partial charge in [0.25, 0.3) is 0 Å². The van der Waals surface area contributed by atoms with Crippen molar-refractivity contribution in [2.45, 2.75) is 6.42 Å². The minimum absolute atomic E-state index is 0.0317. The van der Waals surface area contributed by atoms with Crippen LogP contribution in [-0.4, -0.2) is 98.0 Å². The molecule has 0 radical (unpaired) electrons. The number of aromatic hydroxyl groups is 1. The predicted octanol–water partition coefficient (Wildman–Crippen LogP) is 3.54. The lowest BCUT2D eigenvalue weighted by molar-refractivity contribution is -0.119. The molecule has 10 nitrogen and oxygen atoms in total. The Hall–Kier alpha value is -4.51. The average molecular weight is 583 g/mol. The molecule has 0 unspecified atom stereocenters. The third kappa shape index (κ3) is 6.77. The molecule has 4 aromatic rings. The summed E-state index contributed by atoms with van der Waals surface area (Å²) in [4.78, 5) is 39.4. The van der Waals surface area contributed by atoms with E-state index in [0.717, 1.165) is 49.4 Å². The van der Waals surface area contributed by atoms with Crippen LogP contribution in [0.3, 0.4) is 0 Å². The number of fused-ring (bicyclic) bond motifs is 1. The minimum atomic E-state index is -0.472. The second kappa shape index (κ2) is 13.2. The van der Waals surface area contributed by atoms with Gasteiger partial charge in [-0.2, -0.15) is 0 Å². The Labute approximate surface area is 251 Å². The second-order valence-electron chi connectivity index (χ2n) is 10.8. The van der Waals surface area contributed by atoms with Gasteiger partial charge in [0.1, 0.15) is 0 Å². The predicted molar refractivity (Wildman–Crippen MR) is 170 cm³/mol. The summed E-state index contributed by atoms with van der Waals surface area (Å²) in [6.07, 6.45) is 0.746. The van der Waals surface area contributed by atoms with E-state index in [1.165, 1.54) is 7.11 Å². The van der Waals surface area contributed by atoms with Gasteiger partial charge in [-0.1, -0.05) is 24.3 Å². The highest BCUT2D eigenvalue weighted by Gasteiger charge is 2.22. The number of carbonyl (C=O) groups is 2. The van der Waals surface area contributed by atoms with Crippen LogP contribution in [0.25, 0.3) is 10.9 Å². The number of amides is 1. The standard InChI is InChI=1S/C33H38N6O4/c1-37-16-18-39(19-17-37)21-29(40)38(2)26-11-9-25(10-12-26)35-31(23-6-4-22(5-7-23)14-15-34)30-27-20-24(33(42)43-3)8-13-28(27)36-32(30)41/h4-13,20,36,41H,14-19,21,34H2,1-3H3. The molecule has 1 aliphatic rings. The number of carbonyl (C=O) groups excluding carboxylic acids is 2. The molecule has 1 saturated heterocycles. The fraction of sp³-hybridized carbons (Fsp3) is 0.303. The molecule has 10 heteroatoms. The Bertz CT molecular complexity index is 1620. The number of aromatic nitrogens is 1. The third-order valence-electron chi connectivity index (χ3n) is 7.90. The van der Waals surface area contributed by atoms with Gasteiger partial charge in [0.2, 0.25) is 5.91 Å². The first kappa shape index (κ1) is 30.0. The number of hydrogen-bond acceptors (Lipinski definition) is 8. The van der Waals surface area contributed by atoms with E-state index in [-0.39, 0.29) is 11.8 Å². The largest absolute Gasteiger partial charge is 0.494 e. The summed E-state index contributed by atoms with van der Waals surface area (Å²) in [6, 6.07) is 20.4. The van der Waals surface area contributed by atoms with E-state index in [4.69, 9.17) is 15.5 Å². The van der Waals surface area contributed by atoms with Crippen molar-refractivity contribution in [3.63, 3.8) is 0 Å². The van der Waals surface area contributed by atoms with Gasteiger partial charge >= 0.3 is 5.97 Å². The van der Waals surface area contributed by atoms with Crippen molar-refractivity contribution in [2.75, 3.05) is 65.4 Å². The normalized spacial score (nSPS) is 14.7. The highest BCUT2D eigenvalue weighted by Crippen LogP contribution is 2.33. The molecule has 1 amide bonds.